The minimum Gasteiger partial charge on any atom is -0.480 e. The summed E-state index contributed by atoms with van der Waals surface area (Å²) in [6.45, 7) is 6.86. The number of carboxylic acids is 1. The van der Waals surface area contributed by atoms with Gasteiger partial charge >= 0.3 is 5.97 Å². The van der Waals surface area contributed by atoms with Gasteiger partial charge in [-0.1, -0.05) is 30.1 Å². The third-order valence-corrected chi connectivity index (χ3v) is 5.26. The Morgan fingerprint density at radius 1 is 1.27 bits per heavy atom. The molecule has 2 rings (SSSR count). The number of aromatic nitrogens is 2. The highest BCUT2D eigenvalue weighted by Gasteiger charge is 2.33. The van der Waals surface area contributed by atoms with Crippen LogP contribution >= 0.6 is 23.2 Å². The van der Waals surface area contributed by atoms with E-state index in [0.29, 0.717) is 15.7 Å². The fourth-order valence-electron chi connectivity index (χ4n) is 2.60. The van der Waals surface area contributed by atoms with Crippen LogP contribution in [0.15, 0.2) is 18.2 Å². The number of rotatable bonds is 6. The van der Waals surface area contributed by atoms with Crippen LogP contribution in [0.5, 0.6) is 0 Å². The fraction of sp³-hybridized carbons (Fsp3) is 0.389. The van der Waals surface area contributed by atoms with Crippen molar-refractivity contribution in [2.45, 2.75) is 46.1 Å². The van der Waals surface area contributed by atoms with Gasteiger partial charge in [0, 0.05) is 11.3 Å². The maximum Gasteiger partial charge on any atom is 0.329 e. The molecule has 1 atom stereocenters. The molecule has 0 fully saturated rings. The molecule has 0 saturated heterocycles. The minimum absolute atomic E-state index is 0.0435. The van der Waals surface area contributed by atoms with Crippen LogP contribution in [-0.2, 0) is 16.0 Å². The zero-order valence-corrected chi connectivity index (χ0v) is 16.6. The lowest BCUT2D eigenvalue weighted by Gasteiger charge is -2.24. The number of carbonyl (C=O) groups excluding carboxylic acids is 1. The zero-order chi connectivity index (χ0) is 19.6. The van der Waals surface area contributed by atoms with Gasteiger partial charge in [0.2, 0.25) is 5.91 Å². The third kappa shape index (κ3) is 4.02. The van der Waals surface area contributed by atoms with Gasteiger partial charge in [0.25, 0.3) is 0 Å². The number of hydrogen-bond donors (Lipinski definition) is 2. The van der Waals surface area contributed by atoms with E-state index in [2.05, 4.69) is 10.4 Å². The van der Waals surface area contributed by atoms with Crippen molar-refractivity contribution in [3.8, 4) is 5.69 Å². The molecule has 0 saturated carbocycles. The largest absolute Gasteiger partial charge is 0.480 e. The maximum atomic E-state index is 12.4. The van der Waals surface area contributed by atoms with E-state index in [4.69, 9.17) is 23.2 Å². The van der Waals surface area contributed by atoms with E-state index in [9.17, 15) is 14.7 Å². The van der Waals surface area contributed by atoms with Crippen LogP contribution < -0.4 is 5.32 Å². The second-order valence-corrected chi connectivity index (χ2v) is 7.19. The molecule has 0 aliphatic carbocycles. The molecule has 8 heteroatoms. The molecule has 1 aromatic heterocycles. The molecule has 0 radical (unpaired) electrons. The van der Waals surface area contributed by atoms with Crippen molar-refractivity contribution in [2.75, 3.05) is 0 Å². The smallest absolute Gasteiger partial charge is 0.329 e. The van der Waals surface area contributed by atoms with E-state index in [1.54, 1.807) is 36.7 Å². The zero-order valence-electron chi connectivity index (χ0n) is 15.1. The average molecular weight is 398 g/mol. The standard InChI is InChI=1S/C18H21Cl2N3O3/c1-5-18(4,17(25)26)21-16(24)9-13-10(2)22-23(11(13)3)12-6-7-14(19)15(20)8-12/h6-8H,5,9H2,1-4H3,(H,21,24)(H,25,26). The molecule has 140 valence electrons. The van der Waals surface area contributed by atoms with E-state index >= 15 is 0 Å². The molecular formula is C18H21Cl2N3O3. The number of carboxylic acid groups (broad SMARTS) is 1. The molecule has 26 heavy (non-hydrogen) atoms. The van der Waals surface area contributed by atoms with Gasteiger partial charge in [-0.15, -0.1) is 0 Å². The van der Waals surface area contributed by atoms with Crippen LogP contribution in [0.4, 0.5) is 0 Å². The molecule has 2 N–H and O–H groups in total. The molecule has 0 aliphatic rings. The first-order chi connectivity index (χ1) is 12.1. The number of aryl methyl sites for hydroxylation is 1. The molecule has 1 unspecified atom stereocenters. The van der Waals surface area contributed by atoms with E-state index in [-0.39, 0.29) is 18.7 Å². The highest BCUT2D eigenvalue weighted by molar-refractivity contribution is 6.42. The first kappa shape index (κ1) is 20.3. The highest BCUT2D eigenvalue weighted by atomic mass is 35.5. The lowest BCUT2D eigenvalue weighted by molar-refractivity contribution is -0.146. The number of hydrogen-bond acceptors (Lipinski definition) is 3. The third-order valence-electron chi connectivity index (χ3n) is 4.52. The van der Waals surface area contributed by atoms with Crippen molar-refractivity contribution in [1.82, 2.24) is 15.1 Å². The van der Waals surface area contributed by atoms with E-state index in [1.807, 2.05) is 6.92 Å². The van der Waals surface area contributed by atoms with Gasteiger partial charge in [-0.3, -0.25) is 4.79 Å². The van der Waals surface area contributed by atoms with E-state index < -0.39 is 11.5 Å². The van der Waals surface area contributed by atoms with Crippen molar-refractivity contribution in [1.29, 1.82) is 0 Å². The van der Waals surface area contributed by atoms with E-state index in [0.717, 1.165) is 16.9 Å². The Bertz CT molecular complexity index is 864. The number of nitrogens with one attached hydrogen (secondary N) is 1. The second-order valence-electron chi connectivity index (χ2n) is 6.38. The van der Waals surface area contributed by atoms with Crippen LogP contribution in [0.2, 0.25) is 10.0 Å². The van der Waals surface area contributed by atoms with Gasteiger partial charge in [0.05, 0.1) is 27.8 Å². The predicted molar refractivity (Wildman–Crippen MR) is 101 cm³/mol. The van der Waals surface area contributed by atoms with Gasteiger partial charge < -0.3 is 10.4 Å². The number of halogens is 2. The lowest BCUT2D eigenvalue weighted by Crippen LogP contribution is -2.52. The number of amides is 1. The van der Waals surface area contributed by atoms with Crippen molar-refractivity contribution >= 4 is 35.1 Å². The molecule has 2 aromatic rings. The Morgan fingerprint density at radius 2 is 1.92 bits per heavy atom. The number of benzene rings is 1. The monoisotopic (exact) mass is 397 g/mol. The topological polar surface area (TPSA) is 84.2 Å². The Kier molecular flexibility index (Phi) is 5.98. The Morgan fingerprint density at radius 3 is 2.46 bits per heavy atom. The molecule has 1 aromatic carbocycles. The molecule has 0 spiro atoms. The summed E-state index contributed by atoms with van der Waals surface area (Å²) >= 11 is 12.0. The number of carbonyl (C=O) groups is 2. The first-order valence-electron chi connectivity index (χ1n) is 8.14. The quantitative estimate of drug-likeness (QED) is 0.777. The van der Waals surface area contributed by atoms with Crippen LogP contribution in [0.25, 0.3) is 5.69 Å². The van der Waals surface area contributed by atoms with Gasteiger partial charge in [-0.2, -0.15) is 5.10 Å². The van der Waals surface area contributed by atoms with Crippen molar-refractivity contribution < 1.29 is 14.7 Å². The molecule has 6 nitrogen and oxygen atoms in total. The Labute approximate surface area is 162 Å². The molecule has 1 heterocycles. The normalized spacial score (nSPS) is 13.3. The Balaban J connectivity index is 2.29. The fourth-order valence-corrected chi connectivity index (χ4v) is 2.90. The van der Waals surface area contributed by atoms with Crippen molar-refractivity contribution in [2.24, 2.45) is 0 Å². The summed E-state index contributed by atoms with van der Waals surface area (Å²) in [6.07, 6.45) is 0.330. The van der Waals surface area contributed by atoms with Crippen molar-refractivity contribution in [3.63, 3.8) is 0 Å². The van der Waals surface area contributed by atoms with Gasteiger partial charge in [0.15, 0.2) is 0 Å². The van der Waals surface area contributed by atoms with E-state index in [1.165, 1.54) is 6.92 Å². The van der Waals surface area contributed by atoms with Crippen LogP contribution in [0.1, 0.15) is 37.2 Å². The number of nitrogens with zero attached hydrogens (tertiary/aromatic N) is 2. The predicted octanol–water partition coefficient (Wildman–Crippen LogP) is 3.71. The highest BCUT2D eigenvalue weighted by Crippen LogP contribution is 2.26. The molecule has 0 bridgehead atoms. The summed E-state index contributed by atoms with van der Waals surface area (Å²) in [7, 11) is 0. The summed E-state index contributed by atoms with van der Waals surface area (Å²) in [5.74, 6) is -1.43. The lowest BCUT2D eigenvalue weighted by atomic mass is 9.98. The Hall–Kier alpha value is -2.05. The second kappa shape index (κ2) is 7.68. The molecular weight excluding hydrogens is 377 g/mol. The average Bonchev–Trinajstić information content (AvgIpc) is 2.85. The van der Waals surface area contributed by atoms with Gasteiger partial charge in [0.1, 0.15) is 5.54 Å². The maximum absolute atomic E-state index is 12.4. The van der Waals surface area contributed by atoms with Crippen LogP contribution in [0, 0.1) is 13.8 Å². The van der Waals surface area contributed by atoms with Gasteiger partial charge in [-0.05, 0) is 45.4 Å². The van der Waals surface area contributed by atoms with Crippen LogP contribution in [0.3, 0.4) is 0 Å². The number of aliphatic carboxylic acids is 1. The summed E-state index contributed by atoms with van der Waals surface area (Å²) in [5.41, 5.74) is 1.66. The van der Waals surface area contributed by atoms with Crippen molar-refractivity contribution in [3.05, 3.63) is 45.2 Å². The summed E-state index contributed by atoms with van der Waals surface area (Å²) in [4.78, 5) is 23.8. The minimum atomic E-state index is -1.29. The summed E-state index contributed by atoms with van der Waals surface area (Å²) < 4.78 is 1.69. The first-order valence-corrected chi connectivity index (χ1v) is 8.89. The SMILES string of the molecule is CCC(C)(NC(=O)Cc1c(C)nn(-c2ccc(Cl)c(Cl)c2)c1C)C(=O)O. The molecule has 0 aliphatic heterocycles. The summed E-state index contributed by atoms with van der Waals surface area (Å²) in [5, 5.41) is 17.2. The molecule has 1 amide bonds. The van der Waals surface area contributed by atoms with Crippen LogP contribution in [-0.4, -0.2) is 32.3 Å². The van der Waals surface area contributed by atoms with Gasteiger partial charge in [-0.25, -0.2) is 9.48 Å². The summed E-state index contributed by atoms with van der Waals surface area (Å²) in [6, 6.07) is 5.17.